The van der Waals surface area contributed by atoms with Gasteiger partial charge in [-0.1, -0.05) is 0 Å². The fourth-order valence-corrected chi connectivity index (χ4v) is 5.42. The first kappa shape index (κ1) is 21.9. The van der Waals surface area contributed by atoms with E-state index in [1.807, 2.05) is 12.1 Å². The minimum atomic E-state index is -4.52. The number of fused-ring (bicyclic) bond motifs is 2. The normalized spacial score (nSPS) is 23.4. The van der Waals surface area contributed by atoms with Crippen LogP contribution in [0, 0.1) is 0 Å². The Labute approximate surface area is 196 Å². The van der Waals surface area contributed by atoms with Crippen molar-refractivity contribution in [1.29, 1.82) is 0 Å². The van der Waals surface area contributed by atoms with Crippen molar-refractivity contribution in [2.75, 3.05) is 62.7 Å². The van der Waals surface area contributed by atoms with E-state index in [9.17, 15) is 13.2 Å². The van der Waals surface area contributed by atoms with Gasteiger partial charge in [-0.2, -0.15) is 13.2 Å². The van der Waals surface area contributed by atoms with Crippen molar-refractivity contribution >= 4 is 17.2 Å². The Morgan fingerprint density at radius 1 is 1.12 bits per heavy atom. The molecule has 4 aliphatic rings. The molecule has 3 saturated heterocycles. The van der Waals surface area contributed by atoms with Crippen molar-refractivity contribution in [3.8, 4) is 5.75 Å². The predicted molar refractivity (Wildman–Crippen MR) is 122 cm³/mol. The lowest BCUT2D eigenvalue weighted by atomic mass is 9.88. The van der Waals surface area contributed by atoms with E-state index in [1.54, 1.807) is 6.20 Å². The van der Waals surface area contributed by atoms with Crippen LogP contribution in [0.3, 0.4) is 0 Å². The van der Waals surface area contributed by atoms with E-state index in [2.05, 4.69) is 25.4 Å². The summed E-state index contributed by atoms with van der Waals surface area (Å²) in [5.41, 5.74) is 1.98. The van der Waals surface area contributed by atoms with Gasteiger partial charge in [0, 0.05) is 56.6 Å². The first-order chi connectivity index (χ1) is 16.5. The molecule has 2 aromatic rings. The van der Waals surface area contributed by atoms with Gasteiger partial charge in [-0.3, -0.25) is 4.90 Å². The number of hydrogen-bond acceptors (Lipinski definition) is 7. The van der Waals surface area contributed by atoms with Gasteiger partial charge in [0.1, 0.15) is 12.4 Å². The lowest BCUT2D eigenvalue weighted by molar-refractivity contribution is -0.139. The zero-order valence-corrected chi connectivity index (χ0v) is 18.8. The number of halogens is 3. The molecule has 34 heavy (non-hydrogen) atoms. The summed E-state index contributed by atoms with van der Waals surface area (Å²) >= 11 is 0. The van der Waals surface area contributed by atoms with E-state index < -0.39 is 11.7 Å². The average Bonchev–Trinajstić information content (AvgIpc) is 3.24. The number of ether oxygens (including phenoxy) is 2. The first-order valence-electron chi connectivity index (χ1n) is 11.9. The summed E-state index contributed by atoms with van der Waals surface area (Å²) in [5.74, 6) is 0.461. The second-order valence-electron chi connectivity index (χ2n) is 9.41. The molecule has 0 radical (unpaired) electrons. The Balaban J connectivity index is 1.32. The zero-order valence-electron chi connectivity index (χ0n) is 18.8. The number of nitrogens with one attached hydrogen (secondary N) is 2. The molecule has 0 spiro atoms. The van der Waals surface area contributed by atoms with Gasteiger partial charge in [-0.25, -0.2) is 4.98 Å². The number of anilines is 3. The minimum absolute atomic E-state index is 0.0180. The van der Waals surface area contributed by atoms with E-state index in [0.717, 1.165) is 56.9 Å². The summed E-state index contributed by atoms with van der Waals surface area (Å²) in [5, 5.41) is 6.54. The van der Waals surface area contributed by atoms with E-state index in [0.29, 0.717) is 36.3 Å². The molecule has 7 nitrogen and oxygen atoms in total. The maximum Gasteiger partial charge on any atom is 0.420 e. The molecule has 182 valence electrons. The largest absolute Gasteiger partial charge is 0.486 e. The van der Waals surface area contributed by atoms with Gasteiger partial charge >= 0.3 is 6.18 Å². The smallest absolute Gasteiger partial charge is 0.420 e. The van der Waals surface area contributed by atoms with Crippen molar-refractivity contribution in [3.05, 3.63) is 41.1 Å². The molecule has 0 bridgehead atoms. The topological polar surface area (TPSA) is 61.9 Å². The SMILES string of the molecule is FC(F)(F)c1cc(C2CN([C@@H]3CCNC3)C2)cc2c1OCc1c(N3CCOCC3)ccnc1N2. The Bertz CT molecular complexity index is 1060. The third-order valence-corrected chi connectivity index (χ3v) is 7.35. The molecule has 0 aliphatic carbocycles. The number of aromatic nitrogens is 1. The lowest BCUT2D eigenvalue weighted by Crippen LogP contribution is -2.51. The van der Waals surface area contributed by atoms with Gasteiger partial charge in [-0.15, -0.1) is 0 Å². The van der Waals surface area contributed by atoms with Crippen LogP contribution in [0.5, 0.6) is 5.75 Å². The van der Waals surface area contributed by atoms with Gasteiger partial charge in [0.05, 0.1) is 30.0 Å². The van der Waals surface area contributed by atoms with Crippen molar-refractivity contribution in [2.24, 2.45) is 0 Å². The molecular formula is C24H28F3N5O2. The molecule has 10 heteroatoms. The van der Waals surface area contributed by atoms with E-state index in [1.165, 1.54) is 6.07 Å². The number of rotatable bonds is 3. The predicted octanol–water partition coefficient (Wildman–Crippen LogP) is 3.33. The Morgan fingerprint density at radius 2 is 1.94 bits per heavy atom. The summed E-state index contributed by atoms with van der Waals surface area (Å²) in [7, 11) is 0. The molecule has 6 rings (SSSR count). The van der Waals surface area contributed by atoms with Gasteiger partial charge in [0.25, 0.3) is 0 Å². The molecule has 2 N–H and O–H groups in total. The molecule has 0 saturated carbocycles. The standard InChI is InChI=1S/C24H28F3N5O2/c25-24(26,27)19-9-15(16-12-32(13-16)17-1-3-28-11-17)10-20-22(19)34-14-18-21(2-4-29-23(18)30-20)31-5-7-33-8-6-31/h2,4,9-10,16-17,28H,1,3,5-8,11-14H2,(H,29,30)/t17-/m1/s1. The maximum atomic E-state index is 14.1. The van der Waals surface area contributed by atoms with Crippen molar-refractivity contribution in [1.82, 2.24) is 15.2 Å². The van der Waals surface area contributed by atoms with Gasteiger partial charge < -0.3 is 25.0 Å². The molecule has 3 fully saturated rings. The van der Waals surface area contributed by atoms with Crippen LogP contribution in [0.25, 0.3) is 0 Å². The fourth-order valence-electron chi connectivity index (χ4n) is 5.42. The molecule has 0 amide bonds. The first-order valence-corrected chi connectivity index (χ1v) is 11.9. The molecule has 5 heterocycles. The average molecular weight is 476 g/mol. The van der Waals surface area contributed by atoms with Crippen LogP contribution >= 0.6 is 0 Å². The highest BCUT2D eigenvalue weighted by Crippen LogP contribution is 2.47. The Kier molecular flexibility index (Phi) is 5.54. The highest BCUT2D eigenvalue weighted by Gasteiger charge is 2.40. The highest BCUT2D eigenvalue weighted by atomic mass is 19.4. The van der Waals surface area contributed by atoms with Crippen LogP contribution in [-0.2, 0) is 17.5 Å². The third-order valence-electron chi connectivity index (χ3n) is 7.35. The molecular weight excluding hydrogens is 447 g/mol. The van der Waals surface area contributed by atoms with Crippen LogP contribution in [0.1, 0.15) is 29.0 Å². The van der Waals surface area contributed by atoms with Crippen LogP contribution in [0.2, 0.25) is 0 Å². The maximum absolute atomic E-state index is 14.1. The molecule has 0 unspecified atom stereocenters. The number of benzene rings is 1. The minimum Gasteiger partial charge on any atom is -0.486 e. The third kappa shape index (κ3) is 3.97. The quantitative estimate of drug-likeness (QED) is 0.706. The van der Waals surface area contributed by atoms with Gasteiger partial charge in [0.2, 0.25) is 0 Å². The van der Waals surface area contributed by atoms with Crippen LogP contribution in [-0.4, -0.2) is 68.4 Å². The van der Waals surface area contributed by atoms with Crippen LogP contribution in [0.4, 0.5) is 30.4 Å². The van der Waals surface area contributed by atoms with Gasteiger partial charge in [0.15, 0.2) is 5.75 Å². The Hall–Kier alpha value is -2.56. The number of nitrogens with zero attached hydrogens (tertiary/aromatic N) is 3. The van der Waals surface area contributed by atoms with Crippen LogP contribution < -0.4 is 20.3 Å². The van der Waals surface area contributed by atoms with E-state index in [4.69, 9.17) is 9.47 Å². The monoisotopic (exact) mass is 475 g/mol. The van der Waals surface area contributed by atoms with E-state index >= 15 is 0 Å². The molecule has 4 aliphatic heterocycles. The summed E-state index contributed by atoms with van der Waals surface area (Å²) in [6.45, 7) is 6.19. The number of morpholine rings is 1. The van der Waals surface area contributed by atoms with Crippen molar-refractivity contribution < 1.29 is 22.6 Å². The number of alkyl halides is 3. The molecule has 1 atom stereocenters. The Morgan fingerprint density at radius 3 is 2.68 bits per heavy atom. The molecule has 1 aromatic carbocycles. The fraction of sp³-hybridized carbons (Fsp3) is 0.542. The van der Waals surface area contributed by atoms with Crippen molar-refractivity contribution in [3.63, 3.8) is 0 Å². The summed E-state index contributed by atoms with van der Waals surface area (Å²) in [4.78, 5) is 8.98. The lowest BCUT2D eigenvalue weighted by Gasteiger charge is -2.43. The number of likely N-dealkylation sites (tertiary alicyclic amines) is 1. The van der Waals surface area contributed by atoms with Crippen molar-refractivity contribution in [2.45, 2.75) is 31.2 Å². The molecule has 1 aromatic heterocycles. The van der Waals surface area contributed by atoms with Gasteiger partial charge in [-0.05, 0) is 36.7 Å². The second kappa shape index (κ2) is 8.58. The summed E-state index contributed by atoms with van der Waals surface area (Å²) < 4.78 is 53.7. The summed E-state index contributed by atoms with van der Waals surface area (Å²) in [6.07, 6.45) is -1.73. The highest BCUT2D eigenvalue weighted by molar-refractivity contribution is 5.75. The second-order valence-corrected chi connectivity index (χ2v) is 9.41. The zero-order chi connectivity index (χ0) is 23.3. The number of hydrogen-bond donors (Lipinski definition) is 2. The number of pyridine rings is 1. The van der Waals surface area contributed by atoms with E-state index in [-0.39, 0.29) is 18.3 Å². The van der Waals surface area contributed by atoms with Crippen LogP contribution in [0.15, 0.2) is 24.4 Å². The summed E-state index contributed by atoms with van der Waals surface area (Å²) in [6, 6.07) is 5.47.